The summed E-state index contributed by atoms with van der Waals surface area (Å²) >= 11 is 0. The summed E-state index contributed by atoms with van der Waals surface area (Å²) < 4.78 is 27.1. The molecular formula is C21H22N4O2S. The van der Waals surface area contributed by atoms with Gasteiger partial charge in [0.2, 0.25) is 10.0 Å². The van der Waals surface area contributed by atoms with Crippen molar-refractivity contribution in [3.8, 4) is 11.3 Å². The molecule has 2 aromatic carbocycles. The molecule has 1 aromatic heterocycles. The van der Waals surface area contributed by atoms with E-state index < -0.39 is 10.0 Å². The lowest BCUT2D eigenvalue weighted by Crippen LogP contribution is -2.48. The van der Waals surface area contributed by atoms with Crippen LogP contribution in [-0.2, 0) is 10.0 Å². The van der Waals surface area contributed by atoms with E-state index in [9.17, 15) is 8.42 Å². The molecule has 0 saturated carbocycles. The summed E-state index contributed by atoms with van der Waals surface area (Å²) in [6, 6.07) is 18.8. The molecule has 0 bridgehead atoms. The number of aryl methyl sites for hydroxylation is 1. The van der Waals surface area contributed by atoms with Gasteiger partial charge >= 0.3 is 0 Å². The molecule has 0 spiro atoms. The molecule has 0 radical (unpaired) electrons. The highest BCUT2D eigenvalue weighted by atomic mass is 32.2. The normalized spacial score (nSPS) is 15.5. The molecule has 0 atom stereocenters. The van der Waals surface area contributed by atoms with Gasteiger partial charge in [0.25, 0.3) is 0 Å². The van der Waals surface area contributed by atoms with E-state index in [-0.39, 0.29) is 0 Å². The van der Waals surface area contributed by atoms with Crippen LogP contribution in [0.4, 0.5) is 5.82 Å². The number of anilines is 1. The van der Waals surface area contributed by atoms with Crippen molar-refractivity contribution >= 4 is 15.8 Å². The maximum absolute atomic E-state index is 12.8. The Balaban J connectivity index is 1.48. The van der Waals surface area contributed by atoms with E-state index in [1.807, 2.05) is 24.3 Å². The molecule has 144 valence electrons. The second-order valence-electron chi connectivity index (χ2n) is 6.83. The van der Waals surface area contributed by atoms with Gasteiger partial charge in [0.15, 0.2) is 0 Å². The third-order valence-electron chi connectivity index (χ3n) is 4.94. The summed E-state index contributed by atoms with van der Waals surface area (Å²) in [7, 11) is -3.45. The molecule has 2 heterocycles. The zero-order chi connectivity index (χ0) is 19.6. The molecule has 1 aliphatic heterocycles. The van der Waals surface area contributed by atoms with Crippen LogP contribution in [0.5, 0.6) is 0 Å². The van der Waals surface area contributed by atoms with Crippen molar-refractivity contribution in [2.75, 3.05) is 31.1 Å². The van der Waals surface area contributed by atoms with Gasteiger partial charge in [0, 0.05) is 37.8 Å². The predicted molar refractivity (Wildman–Crippen MR) is 110 cm³/mol. The van der Waals surface area contributed by atoms with Crippen LogP contribution in [0.1, 0.15) is 5.56 Å². The molecule has 6 nitrogen and oxygen atoms in total. The Labute approximate surface area is 165 Å². The van der Waals surface area contributed by atoms with E-state index in [0.29, 0.717) is 31.1 Å². The van der Waals surface area contributed by atoms with E-state index >= 15 is 0 Å². The number of nitrogens with zero attached hydrogens (tertiary/aromatic N) is 4. The monoisotopic (exact) mass is 394 g/mol. The van der Waals surface area contributed by atoms with Gasteiger partial charge in [-0.05, 0) is 19.1 Å². The van der Waals surface area contributed by atoms with Crippen molar-refractivity contribution in [1.29, 1.82) is 0 Å². The molecule has 4 rings (SSSR count). The van der Waals surface area contributed by atoms with Crippen LogP contribution in [0, 0.1) is 6.92 Å². The molecule has 7 heteroatoms. The Morgan fingerprint density at radius 3 is 2.21 bits per heavy atom. The van der Waals surface area contributed by atoms with Crippen molar-refractivity contribution in [3.63, 3.8) is 0 Å². The number of piperazine rings is 1. The minimum absolute atomic E-state index is 0.340. The van der Waals surface area contributed by atoms with Crippen LogP contribution >= 0.6 is 0 Å². The Morgan fingerprint density at radius 2 is 1.54 bits per heavy atom. The predicted octanol–water partition coefficient (Wildman–Crippen LogP) is 2.96. The summed E-state index contributed by atoms with van der Waals surface area (Å²) in [5.74, 6) is 0.822. The number of hydrogen-bond donors (Lipinski definition) is 0. The molecule has 1 fully saturated rings. The maximum atomic E-state index is 12.8. The second-order valence-corrected chi connectivity index (χ2v) is 8.77. The topological polar surface area (TPSA) is 66.4 Å². The Bertz CT molecular complexity index is 1050. The SMILES string of the molecule is Cc1ccc(-c2cc(N3CCN(S(=O)(=O)c4ccccc4)CC3)ncn2)cc1. The number of rotatable bonds is 4. The van der Waals surface area contributed by atoms with Crippen LogP contribution in [0.15, 0.2) is 71.9 Å². The minimum Gasteiger partial charge on any atom is -0.354 e. The van der Waals surface area contributed by atoms with Crippen molar-refractivity contribution < 1.29 is 8.42 Å². The van der Waals surface area contributed by atoms with Gasteiger partial charge in [-0.2, -0.15) is 4.31 Å². The molecule has 3 aromatic rings. The Morgan fingerprint density at radius 1 is 0.857 bits per heavy atom. The minimum atomic E-state index is -3.45. The average molecular weight is 395 g/mol. The van der Waals surface area contributed by atoms with Gasteiger partial charge in [0.05, 0.1) is 10.6 Å². The van der Waals surface area contributed by atoms with E-state index in [1.54, 1.807) is 34.9 Å². The van der Waals surface area contributed by atoms with Crippen LogP contribution in [-0.4, -0.2) is 48.9 Å². The van der Waals surface area contributed by atoms with Gasteiger partial charge in [-0.15, -0.1) is 0 Å². The lowest BCUT2D eigenvalue weighted by atomic mass is 10.1. The smallest absolute Gasteiger partial charge is 0.243 e. The van der Waals surface area contributed by atoms with Gasteiger partial charge in [-0.3, -0.25) is 0 Å². The van der Waals surface area contributed by atoms with Crippen molar-refractivity contribution in [2.45, 2.75) is 11.8 Å². The van der Waals surface area contributed by atoms with Crippen molar-refractivity contribution in [1.82, 2.24) is 14.3 Å². The van der Waals surface area contributed by atoms with E-state index in [0.717, 1.165) is 17.1 Å². The fourth-order valence-electron chi connectivity index (χ4n) is 3.30. The Kier molecular flexibility index (Phi) is 5.11. The molecule has 0 amide bonds. The maximum Gasteiger partial charge on any atom is 0.243 e. The highest BCUT2D eigenvalue weighted by Crippen LogP contribution is 2.23. The molecule has 0 aliphatic carbocycles. The summed E-state index contributed by atoms with van der Waals surface area (Å²) in [6.45, 7) is 4.10. The van der Waals surface area contributed by atoms with E-state index in [4.69, 9.17) is 0 Å². The van der Waals surface area contributed by atoms with Gasteiger partial charge in [-0.25, -0.2) is 18.4 Å². The first-order chi connectivity index (χ1) is 13.5. The molecule has 0 N–H and O–H groups in total. The zero-order valence-corrected chi connectivity index (χ0v) is 16.5. The standard InChI is InChI=1S/C21H22N4O2S/c1-17-7-9-18(10-8-17)20-15-21(23-16-22-20)24-11-13-25(14-12-24)28(26,27)19-5-3-2-4-6-19/h2-10,15-16H,11-14H2,1H3. The molecule has 1 saturated heterocycles. The molecule has 28 heavy (non-hydrogen) atoms. The quantitative estimate of drug-likeness (QED) is 0.681. The van der Waals surface area contributed by atoms with Crippen molar-refractivity contribution in [3.05, 3.63) is 72.6 Å². The summed E-state index contributed by atoms with van der Waals surface area (Å²) in [5, 5.41) is 0. The Hall–Kier alpha value is -2.77. The van der Waals surface area contributed by atoms with Gasteiger partial charge in [-0.1, -0.05) is 48.0 Å². The molecular weight excluding hydrogens is 372 g/mol. The average Bonchev–Trinajstić information content (AvgIpc) is 2.75. The lowest BCUT2D eigenvalue weighted by Gasteiger charge is -2.34. The molecule has 0 unspecified atom stereocenters. The first kappa shape index (κ1) is 18.6. The van der Waals surface area contributed by atoms with Crippen molar-refractivity contribution in [2.24, 2.45) is 0 Å². The van der Waals surface area contributed by atoms with Gasteiger partial charge < -0.3 is 4.90 Å². The van der Waals surface area contributed by atoms with Crippen LogP contribution in [0.3, 0.4) is 0 Å². The summed E-state index contributed by atoms with van der Waals surface area (Å²) in [4.78, 5) is 11.2. The third-order valence-corrected chi connectivity index (χ3v) is 6.86. The van der Waals surface area contributed by atoms with Gasteiger partial charge in [0.1, 0.15) is 12.1 Å². The first-order valence-corrected chi connectivity index (χ1v) is 10.7. The number of sulfonamides is 1. The highest BCUT2D eigenvalue weighted by Gasteiger charge is 2.28. The fraction of sp³-hybridized carbons (Fsp3) is 0.238. The zero-order valence-electron chi connectivity index (χ0n) is 15.7. The molecule has 1 aliphatic rings. The van der Waals surface area contributed by atoms with Crippen LogP contribution in [0.25, 0.3) is 11.3 Å². The number of hydrogen-bond acceptors (Lipinski definition) is 5. The fourth-order valence-corrected chi connectivity index (χ4v) is 4.74. The van der Waals surface area contributed by atoms with Crippen LogP contribution in [0.2, 0.25) is 0 Å². The highest BCUT2D eigenvalue weighted by molar-refractivity contribution is 7.89. The number of aromatic nitrogens is 2. The number of benzene rings is 2. The van der Waals surface area contributed by atoms with Crippen LogP contribution < -0.4 is 4.90 Å². The third kappa shape index (κ3) is 3.76. The second kappa shape index (κ2) is 7.69. The largest absolute Gasteiger partial charge is 0.354 e. The lowest BCUT2D eigenvalue weighted by molar-refractivity contribution is 0.384. The first-order valence-electron chi connectivity index (χ1n) is 9.23. The summed E-state index contributed by atoms with van der Waals surface area (Å²) in [6.07, 6.45) is 1.57. The summed E-state index contributed by atoms with van der Waals surface area (Å²) in [5.41, 5.74) is 3.11. The van der Waals surface area contributed by atoms with E-state index in [1.165, 1.54) is 5.56 Å². The van der Waals surface area contributed by atoms with E-state index in [2.05, 4.69) is 33.9 Å².